The molecule has 33 heteroatoms. The van der Waals surface area contributed by atoms with Crippen LogP contribution < -0.4 is 42.8 Å². The minimum absolute atomic E-state index is 0.0108. The van der Waals surface area contributed by atoms with Crippen molar-refractivity contribution in [2.75, 3.05) is 115 Å². The number of aldehydes is 1. The molecule has 0 saturated carbocycles. The van der Waals surface area contributed by atoms with E-state index in [4.69, 9.17) is 37.9 Å². The number of hydrogen-bond acceptors (Lipinski definition) is 26. The highest BCUT2D eigenvalue weighted by molar-refractivity contribution is 7.99. The van der Waals surface area contributed by atoms with Gasteiger partial charge >= 0.3 is 5.97 Å². The lowest BCUT2D eigenvalue weighted by atomic mass is 9.88. The lowest BCUT2D eigenvalue weighted by Crippen LogP contribution is -2.68. The summed E-state index contributed by atoms with van der Waals surface area (Å²) < 4.78 is 45.8. The van der Waals surface area contributed by atoms with E-state index in [9.17, 15) is 83.7 Å². The molecule has 0 bridgehead atoms. The molecule has 111 heavy (non-hydrogen) atoms. The van der Waals surface area contributed by atoms with Crippen molar-refractivity contribution < 1.29 is 112 Å². The van der Waals surface area contributed by atoms with Crippen LogP contribution >= 0.6 is 23.5 Å². The van der Waals surface area contributed by atoms with E-state index in [1.54, 1.807) is 48.5 Å². The van der Waals surface area contributed by atoms with Gasteiger partial charge in [0.2, 0.25) is 40.3 Å². The number of carbonyl (C=O) groups excluding carboxylic acids is 7. The highest BCUT2D eigenvalue weighted by atomic mass is 32.2. The second kappa shape index (κ2) is 47.5. The van der Waals surface area contributed by atoms with Gasteiger partial charge in [0.05, 0.1) is 89.4 Å². The number of amides is 6. The lowest BCUT2D eigenvalue weighted by Gasteiger charge is -2.46. The van der Waals surface area contributed by atoms with Crippen molar-refractivity contribution in [3.05, 3.63) is 152 Å². The first-order chi connectivity index (χ1) is 53.4. The number of benzene rings is 4. The second-order valence-electron chi connectivity index (χ2n) is 26.7. The van der Waals surface area contributed by atoms with Gasteiger partial charge in [-0.1, -0.05) is 84.9 Å². The van der Waals surface area contributed by atoms with Crippen LogP contribution in [0.4, 0.5) is 0 Å². The number of thioether (sulfide) groups is 2. The Labute approximate surface area is 652 Å². The molecule has 5 aromatic carbocycles. The third-order valence-corrected chi connectivity index (χ3v) is 20.4. The fraction of sp³-hybridized carbons (Fsp3) is 0.538. The first-order valence-corrected chi connectivity index (χ1v) is 39.4. The average Bonchev–Trinajstić information content (AvgIpc) is 0.776. The zero-order valence-corrected chi connectivity index (χ0v) is 64.0. The Bertz CT molecular complexity index is 3790. The molecular weight excluding hydrogens is 1490 g/mol. The van der Waals surface area contributed by atoms with E-state index in [2.05, 4.69) is 31.9 Å². The Morgan fingerprint density at radius 1 is 0.495 bits per heavy atom. The van der Waals surface area contributed by atoms with Crippen LogP contribution in [0, 0.1) is 0 Å². The number of carboxylic acid groups (broad SMARTS) is 1. The highest BCUT2D eigenvalue weighted by Gasteiger charge is 2.56. The summed E-state index contributed by atoms with van der Waals surface area (Å²) in [6, 6.07) is 30.0. The molecule has 13 N–H and O–H groups in total. The predicted octanol–water partition coefficient (Wildman–Crippen LogP) is 1.13. The van der Waals surface area contributed by atoms with E-state index in [1.165, 1.54) is 30.4 Å². The third kappa shape index (κ3) is 29.2. The molecule has 2 saturated heterocycles. The van der Waals surface area contributed by atoms with Crippen molar-refractivity contribution in [3.8, 4) is 22.3 Å². The largest absolute Gasteiger partial charge is 0.477 e. The van der Waals surface area contributed by atoms with Gasteiger partial charge in [-0.05, 0) is 96.5 Å². The molecule has 0 unspecified atom stereocenters. The summed E-state index contributed by atoms with van der Waals surface area (Å²) >= 11 is 2.89. The Morgan fingerprint density at radius 3 is 1.31 bits per heavy atom. The van der Waals surface area contributed by atoms with E-state index in [0.29, 0.717) is 97.7 Å². The Morgan fingerprint density at radius 2 is 0.892 bits per heavy atom. The molecule has 608 valence electrons. The van der Waals surface area contributed by atoms with Gasteiger partial charge < -0.3 is 106 Å². The van der Waals surface area contributed by atoms with Crippen LogP contribution in [0.25, 0.3) is 22.3 Å². The number of aliphatic hydroxyl groups is 6. The lowest BCUT2D eigenvalue weighted by molar-refractivity contribution is -0.310. The minimum Gasteiger partial charge on any atom is -0.477 e. The molecule has 0 spiro atoms. The highest BCUT2D eigenvalue weighted by Crippen LogP contribution is 2.35. The number of nitrogens with one attached hydrogen (secondary N) is 6. The van der Waals surface area contributed by atoms with E-state index < -0.39 is 132 Å². The van der Waals surface area contributed by atoms with Crippen molar-refractivity contribution in [2.24, 2.45) is 0 Å². The summed E-state index contributed by atoms with van der Waals surface area (Å²) in [5.74, 6) is -6.87. The number of carboxylic acids is 1. The van der Waals surface area contributed by atoms with Crippen LogP contribution in [0.15, 0.2) is 119 Å². The smallest absolute Gasteiger partial charge is 0.364 e. The van der Waals surface area contributed by atoms with Gasteiger partial charge in [0, 0.05) is 113 Å². The quantitative estimate of drug-likeness (QED) is 0.0147. The van der Waals surface area contributed by atoms with Gasteiger partial charge in [0.15, 0.2) is 6.29 Å². The number of ether oxygens (including phenoxy) is 8. The molecule has 2 fully saturated rings. The van der Waals surface area contributed by atoms with Gasteiger partial charge in [0.25, 0.3) is 17.6 Å². The SMILES string of the molecule is CC(=O)N[C@@H]1[C@H]([C@H](O)[C@@H](O)CNC(=O)c2ccc(-c3ccccc3)cc2)O[C@@](OCCCSCCC(=O)NCCOCCOCCCc2c(CCCOCCOCCNC(=O)CCSCCCO[C@]3(C=O)C[C@H](O)[C@@H](NC(C)=O)[C@H]([C@H](O)[C@H](O)CNC(=O)c4ccc(-c5ccccc5)cc4)O3)c(=O)c2=O)(C(=O)O)C[C@H]1O. The first-order valence-electron chi connectivity index (χ1n) is 37.1. The number of hydrogen-bond donors (Lipinski definition) is 13. The summed E-state index contributed by atoms with van der Waals surface area (Å²) in [6.07, 6.45) is -11.1. The summed E-state index contributed by atoms with van der Waals surface area (Å²) in [6.45, 7) is 4.04. The molecule has 7 rings (SSSR count). The standard InChI is InChI=1S/C78H104N6O25S2/c1-50(86)83-66-60(88)45-77(49-85,108-72(66)70(96)62(90)47-81-74(98)56-23-19-54(20-24-56)52-13-5-3-6-14-52)106-33-11-41-110-43-27-64(92)79-29-35-104-39-37-102-31-9-17-58-59(69(95)68(58)94)18-10-32-103-38-40-105-36-30-80-65(93)28-44-111-42-12-34-107-78(76(100)101)46-61(89)67(84-51(2)87)73(109-78)71(97)63(91)48-82-75(99)57-25-21-55(22-26-57)53-15-7-4-8-16-53/h3-8,13-16,19-26,49,60-63,66-67,70-73,88-91,96-97H,9-12,17-18,27-48H2,1-2H3,(H,79,92)(H,80,93)(H,81,98)(H,82,99)(H,83,86)(H,84,87)(H,100,101)/t60-,61+,62+,63-,66+,67-,70+,71+,72+,73+,77+,78+/m0/s1. The Balaban J connectivity index is 0.648. The zero-order valence-electron chi connectivity index (χ0n) is 62.3. The number of rotatable bonds is 52. The van der Waals surface area contributed by atoms with Crippen molar-refractivity contribution in [3.63, 3.8) is 0 Å². The van der Waals surface area contributed by atoms with Gasteiger partial charge in [-0.3, -0.25) is 43.2 Å². The van der Waals surface area contributed by atoms with E-state index in [0.717, 1.165) is 29.2 Å². The van der Waals surface area contributed by atoms with Crippen LogP contribution in [0.2, 0.25) is 0 Å². The van der Waals surface area contributed by atoms with Crippen molar-refractivity contribution in [1.82, 2.24) is 31.9 Å². The Hall–Kier alpha value is -7.94. The average molecular weight is 1590 g/mol. The summed E-state index contributed by atoms with van der Waals surface area (Å²) in [5, 5.41) is 92.8. The van der Waals surface area contributed by atoms with E-state index in [-0.39, 0.29) is 103 Å². The predicted molar refractivity (Wildman–Crippen MR) is 410 cm³/mol. The molecule has 2 aliphatic rings. The molecule has 0 radical (unpaired) electrons. The molecular formula is C78H104N6O25S2. The van der Waals surface area contributed by atoms with Crippen LogP contribution in [-0.4, -0.2) is 271 Å². The molecule has 6 amide bonds. The van der Waals surface area contributed by atoms with E-state index >= 15 is 0 Å². The third-order valence-electron chi connectivity index (χ3n) is 18.3. The molecule has 5 aromatic rings. The Kier molecular flexibility index (Phi) is 38.7. The van der Waals surface area contributed by atoms with Crippen LogP contribution in [0.1, 0.15) is 97.1 Å². The van der Waals surface area contributed by atoms with Crippen LogP contribution in [0.5, 0.6) is 0 Å². The summed E-state index contributed by atoms with van der Waals surface area (Å²) in [4.78, 5) is 125. The van der Waals surface area contributed by atoms with Crippen molar-refractivity contribution in [1.29, 1.82) is 0 Å². The topological polar surface area (TPSA) is 458 Å². The zero-order chi connectivity index (χ0) is 80.1. The summed E-state index contributed by atoms with van der Waals surface area (Å²) in [5.41, 5.74) is 4.30. The fourth-order valence-electron chi connectivity index (χ4n) is 12.4. The first kappa shape index (κ1) is 90.3. The van der Waals surface area contributed by atoms with Gasteiger partial charge in [-0.2, -0.15) is 23.5 Å². The summed E-state index contributed by atoms with van der Waals surface area (Å²) in [7, 11) is 0. The molecule has 2 heterocycles. The maximum absolute atomic E-state index is 13.0. The maximum Gasteiger partial charge on any atom is 0.364 e. The van der Waals surface area contributed by atoms with Gasteiger partial charge in [-0.25, -0.2) is 4.79 Å². The van der Waals surface area contributed by atoms with Crippen molar-refractivity contribution in [2.45, 2.75) is 151 Å². The number of aliphatic hydroxyl groups excluding tert-OH is 6. The van der Waals surface area contributed by atoms with E-state index in [1.807, 2.05) is 60.7 Å². The van der Waals surface area contributed by atoms with Crippen LogP contribution in [0.3, 0.4) is 0 Å². The monoisotopic (exact) mass is 1590 g/mol. The fourth-order valence-corrected chi connectivity index (χ4v) is 14.1. The van der Waals surface area contributed by atoms with Gasteiger partial charge in [-0.15, -0.1) is 0 Å². The molecule has 0 aliphatic carbocycles. The minimum atomic E-state index is -2.47. The van der Waals surface area contributed by atoms with Crippen LogP contribution in [-0.2, 0) is 79.5 Å². The normalized spacial score (nSPS) is 20.8. The maximum atomic E-state index is 13.0. The molecule has 12 atom stereocenters. The van der Waals surface area contributed by atoms with Gasteiger partial charge in [0.1, 0.15) is 24.4 Å². The molecule has 2 aliphatic heterocycles. The van der Waals surface area contributed by atoms with Crippen molar-refractivity contribution >= 4 is 71.2 Å². The number of carbonyl (C=O) groups is 8. The second-order valence-corrected chi connectivity index (χ2v) is 29.1. The molecule has 31 nitrogen and oxygen atoms in total. The molecule has 0 aromatic heterocycles. The number of aliphatic carboxylic acids is 1.